The molecule has 4 heteroatoms. The molecular weight excluding hydrogens is 150 g/mol. The smallest absolute Gasteiger partial charge is 0.235 e. The second kappa shape index (κ2) is 4.33. The minimum Gasteiger partial charge on any atom is -0.442 e. The Morgan fingerprint density at radius 2 is 1.50 bits per heavy atom. The quantitative estimate of drug-likeness (QED) is 0.572. The van der Waals surface area contributed by atoms with E-state index >= 15 is 0 Å². The van der Waals surface area contributed by atoms with E-state index in [4.69, 9.17) is 9.39 Å². The van der Waals surface area contributed by atoms with Crippen molar-refractivity contribution in [3.8, 4) is 0 Å². The summed E-state index contributed by atoms with van der Waals surface area (Å²) in [4.78, 5) is 0. The van der Waals surface area contributed by atoms with Gasteiger partial charge in [-0.3, -0.25) is 0 Å². The third kappa shape index (κ3) is 2.83. The molecule has 0 saturated carbocycles. The molecule has 0 saturated heterocycles. The first-order chi connectivity index (χ1) is 5.37. The van der Waals surface area contributed by atoms with Crippen molar-refractivity contribution in [2.45, 2.75) is 45.7 Å². The number of hydrogen-bond acceptors (Lipinski definition) is 2. The van der Waals surface area contributed by atoms with Gasteiger partial charge in [0.2, 0.25) is 7.37 Å². The van der Waals surface area contributed by atoms with Crippen LogP contribution in [-0.4, -0.2) is 32.9 Å². The third-order valence-corrected chi connectivity index (χ3v) is 2.63. The van der Waals surface area contributed by atoms with Crippen LogP contribution >= 0.6 is 0 Å². The third-order valence-electron chi connectivity index (χ3n) is 2.63. The number of ether oxygens (including phenoxy) is 1. The lowest BCUT2D eigenvalue weighted by Gasteiger charge is -2.40. The maximum atomic E-state index is 5.71. The molecule has 0 aromatic carbocycles. The van der Waals surface area contributed by atoms with Gasteiger partial charge in [0.15, 0.2) is 0 Å². The van der Waals surface area contributed by atoms with Crippen LogP contribution in [0.25, 0.3) is 0 Å². The summed E-state index contributed by atoms with van der Waals surface area (Å²) in [6.07, 6.45) is 0. The second-order valence-corrected chi connectivity index (χ2v) is 4.07. The van der Waals surface area contributed by atoms with Gasteiger partial charge >= 0.3 is 0 Å². The predicted octanol–water partition coefficient (Wildman–Crippen LogP) is 0.958. The zero-order valence-corrected chi connectivity index (χ0v) is 9.23. The summed E-state index contributed by atoms with van der Waals surface area (Å²) >= 11 is 0. The zero-order chi connectivity index (χ0) is 9.83. The van der Waals surface area contributed by atoms with E-state index < -0.39 is 0 Å². The summed E-state index contributed by atoms with van der Waals surface area (Å²) in [6.45, 7) is 10.3. The number of hydrogen-bond donors (Lipinski definition) is 0. The standard InChI is InChI=1S/C8H20B2O2/c1-7(2,11-6)8(3,4)12-10-9-5/h9-10H,1-6H3. The van der Waals surface area contributed by atoms with Crippen molar-refractivity contribution in [3.05, 3.63) is 0 Å². The molecule has 0 fully saturated rings. The van der Waals surface area contributed by atoms with Gasteiger partial charge < -0.3 is 9.39 Å². The van der Waals surface area contributed by atoms with Crippen LogP contribution in [0.5, 0.6) is 0 Å². The fourth-order valence-corrected chi connectivity index (χ4v) is 0.777. The first-order valence-corrected chi connectivity index (χ1v) is 4.56. The molecular formula is C8H20B2O2. The van der Waals surface area contributed by atoms with Crippen molar-refractivity contribution in [1.82, 2.24) is 0 Å². The summed E-state index contributed by atoms with van der Waals surface area (Å²) in [5.41, 5.74) is -0.458. The molecule has 0 bridgehead atoms. The highest BCUT2D eigenvalue weighted by Gasteiger charge is 2.37. The lowest BCUT2D eigenvalue weighted by molar-refractivity contribution is -0.113. The van der Waals surface area contributed by atoms with Gasteiger partial charge in [0.1, 0.15) is 7.17 Å². The fraction of sp³-hybridized carbons (Fsp3) is 1.00. The van der Waals surface area contributed by atoms with Gasteiger partial charge in [-0.05, 0) is 27.7 Å². The highest BCUT2D eigenvalue weighted by atomic mass is 16.5. The lowest BCUT2D eigenvalue weighted by Crippen LogP contribution is -2.49. The molecule has 0 aliphatic carbocycles. The van der Waals surface area contributed by atoms with Gasteiger partial charge in [0.05, 0.1) is 11.2 Å². The van der Waals surface area contributed by atoms with Gasteiger partial charge in [-0.1, -0.05) is 6.82 Å². The molecule has 0 heterocycles. The Labute approximate surface area is 77.5 Å². The SMILES string of the molecule is CBBOC(C)(C)C(C)(C)OC. The molecule has 2 nitrogen and oxygen atoms in total. The lowest BCUT2D eigenvalue weighted by atomic mass is 9.52. The van der Waals surface area contributed by atoms with Crippen LogP contribution in [0.2, 0.25) is 6.82 Å². The largest absolute Gasteiger partial charge is 0.442 e. The normalized spacial score (nSPS) is 12.8. The molecule has 0 atom stereocenters. The van der Waals surface area contributed by atoms with Crippen LogP contribution in [-0.2, 0) is 9.39 Å². The molecule has 0 amide bonds. The highest BCUT2D eigenvalue weighted by Crippen LogP contribution is 2.27. The van der Waals surface area contributed by atoms with E-state index in [2.05, 4.69) is 20.7 Å². The minimum atomic E-state index is -0.234. The van der Waals surface area contributed by atoms with Crippen molar-refractivity contribution in [1.29, 1.82) is 0 Å². The molecule has 0 radical (unpaired) electrons. The van der Waals surface area contributed by atoms with E-state index in [1.165, 1.54) is 0 Å². The second-order valence-electron chi connectivity index (χ2n) is 4.07. The van der Waals surface area contributed by atoms with Gasteiger partial charge in [-0.2, -0.15) is 0 Å². The number of methoxy groups -OCH3 is 1. The maximum Gasteiger partial charge on any atom is 0.235 e. The van der Waals surface area contributed by atoms with Crippen molar-refractivity contribution < 1.29 is 9.39 Å². The Balaban J connectivity index is 4.17. The van der Waals surface area contributed by atoms with Gasteiger partial charge in [-0.15, -0.1) is 0 Å². The fourth-order valence-electron chi connectivity index (χ4n) is 0.777. The van der Waals surface area contributed by atoms with Crippen LogP contribution in [0.15, 0.2) is 0 Å². The Morgan fingerprint density at radius 3 is 1.83 bits per heavy atom. The molecule has 0 aromatic rings. The first-order valence-electron chi connectivity index (χ1n) is 4.56. The average Bonchev–Trinajstić information content (AvgIpc) is 2.00. The van der Waals surface area contributed by atoms with Crippen LogP contribution in [0.4, 0.5) is 0 Å². The Bertz CT molecular complexity index is 135. The molecule has 0 aliphatic heterocycles. The molecule has 0 spiro atoms. The van der Waals surface area contributed by atoms with E-state index in [0.29, 0.717) is 0 Å². The zero-order valence-electron chi connectivity index (χ0n) is 9.23. The van der Waals surface area contributed by atoms with Crippen molar-refractivity contribution >= 4 is 14.5 Å². The van der Waals surface area contributed by atoms with E-state index in [9.17, 15) is 0 Å². The van der Waals surface area contributed by atoms with Crippen LogP contribution < -0.4 is 0 Å². The predicted molar refractivity (Wildman–Crippen MR) is 56.4 cm³/mol. The Morgan fingerprint density at radius 1 is 1.00 bits per heavy atom. The van der Waals surface area contributed by atoms with E-state index in [-0.39, 0.29) is 11.2 Å². The summed E-state index contributed by atoms with van der Waals surface area (Å²) in [6, 6.07) is 0. The Kier molecular flexibility index (Phi) is 4.35. The molecule has 12 heavy (non-hydrogen) atoms. The summed E-state index contributed by atoms with van der Waals surface area (Å²) in [5, 5.41) is 0. The molecule has 0 aliphatic rings. The van der Waals surface area contributed by atoms with Crippen LogP contribution in [0.1, 0.15) is 27.7 Å². The molecule has 0 N–H and O–H groups in total. The van der Waals surface area contributed by atoms with E-state index in [1.54, 1.807) is 7.11 Å². The van der Waals surface area contributed by atoms with Gasteiger partial charge in [0.25, 0.3) is 0 Å². The van der Waals surface area contributed by atoms with E-state index in [0.717, 1.165) is 14.5 Å². The minimum absolute atomic E-state index is 0.224. The molecule has 0 rings (SSSR count). The molecule has 0 unspecified atom stereocenters. The van der Waals surface area contributed by atoms with Gasteiger partial charge in [-0.25, -0.2) is 0 Å². The molecule has 0 aromatic heterocycles. The van der Waals surface area contributed by atoms with Crippen molar-refractivity contribution in [2.75, 3.05) is 7.11 Å². The first kappa shape index (κ1) is 12.0. The van der Waals surface area contributed by atoms with Crippen molar-refractivity contribution in [2.24, 2.45) is 0 Å². The van der Waals surface area contributed by atoms with E-state index in [1.807, 2.05) is 13.8 Å². The van der Waals surface area contributed by atoms with Gasteiger partial charge in [0, 0.05) is 7.11 Å². The van der Waals surface area contributed by atoms with Crippen LogP contribution in [0, 0.1) is 0 Å². The summed E-state index contributed by atoms with van der Waals surface area (Å²) < 4.78 is 11.1. The average molecular weight is 170 g/mol. The summed E-state index contributed by atoms with van der Waals surface area (Å²) in [7, 11) is 3.56. The Hall–Kier alpha value is 0.0499. The molecule has 70 valence electrons. The van der Waals surface area contributed by atoms with Crippen molar-refractivity contribution in [3.63, 3.8) is 0 Å². The van der Waals surface area contributed by atoms with Crippen LogP contribution in [0.3, 0.4) is 0 Å². The topological polar surface area (TPSA) is 18.5 Å². The highest BCUT2D eigenvalue weighted by molar-refractivity contribution is 6.96. The number of rotatable bonds is 5. The summed E-state index contributed by atoms with van der Waals surface area (Å²) in [5.74, 6) is 0. The maximum absolute atomic E-state index is 5.71. The monoisotopic (exact) mass is 170 g/mol.